The minimum Gasteiger partial charge on any atom is -0.494 e. The molecule has 3 nitrogen and oxygen atoms in total. The Kier molecular flexibility index (Phi) is 5.83. The van der Waals surface area contributed by atoms with E-state index in [1.807, 2.05) is 39.8 Å². The van der Waals surface area contributed by atoms with Crippen molar-refractivity contribution in [3.05, 3.63) is 29.8 Å². The zero-order valence-corrected chi connectivity index (χ0v) is 12.7. The molecule has 0 radical (unpaired) electrons. The molecule has 1 rings (SSSR count). The predicted molar refractivity (Wildman–Crippen MR) is 79.5 cm³/mol. The zero-order valence-electron chi connectivity index (χ0n) is 12.7. The van der Waals surface area contributed by atoms with Gasteiger partial charge in [-0.15, -0.1) is 0 Å². The normalized spacial score (nSPS) is 16.2. The summed E-state index contributed by atoms with van der Waals surface area (Å²) in [4.78, 5) is 0. The van der Waals surface area contributed by atoms with Gasteiger partial charge in [0.25, 0.3) is 0 Å². The number of benzene rings is 1. The lowest BCUT2D eigenvalue weighted by Crippen LogP contribution is -2.42. The third kappa shape index (κ3) is 4.84. The van der Waals surface area contributed by atoms with E-state index in [4.69, 9.17) is 4.74 Å². The Bertz CT molecular complexity index is 371. The van der Waals surface area contributed by atoms with E-state index < -0.39 is 5.60 Å². The molecular weight excluding hydrogens is 238 g/mol. The van der Waals surface area contributed by atoms with E-state index >= 15 is 0 Å². The summed E-state index contributed by atoms with van der Waals surface area (Å²) in [5, 5.41) is 13.6. The van der Waals surface area contributed by atoms with Crippen molar-refractivity contribution in [2.75, 3.05) is 13.2 Å². The highest BCUT2D eigenvalue weighted by atomic mass is 16.5. The molecule has 1 aromatic carbocycles. The molecule has 2 atom stereocenters. The van der Waals surface area contributed by atoms with E-state index in [1.165, 1.54) is 5.56 Å². The first kappa shape index (κ1) is 16.0. The van der Waals surface area contributed by atoms with Crippen molar-refractivity contribution in [2.45, 2.75) is 46.3 Å². The van der Waals surface area contributed by atoms with Crippen molar-refractivity contribution < 1.29 is 9.84 Å². The van der Waals surface area contributed by atoms with Crippen LogP contribution < -0.4 is 10.1 Å². The molecule has 0 heterocycles. The van der Waals surface area contributed by atoms with Crippen molar-refractivity contribution in [2.24, 2.45) is 5.92 Å². The molecule has 0 saturated heterocycles. The number of ether oxygens (including phenoxy) is 1. The molecule has 0 amide bonds. The number of aliphatic hydroxyl groups is 1. The maximum atomic E-state index is 10.2. The largest absolute Gasteiger partial charge is 0.494 e. The highest BCUT2D eigenvalue weighted by molar-refractivity contribution is 5.28. The first-order chi connectivity index (χ1) is 8.86. The summed E-state index contributed by atoms with van der Waals surface area (Å²) in [6, 6.07) is 8.30. The van der Waals surface area contributed by atoms with Gasteiger partial charge >= 0.3 is 0 Å². The predicted octanol–water partition coefficient (Wildman–Crippen LogP) is 3.14. The Morgan fingerprint density at radius 3 is 2.26 bits per heavy atom. The average molecular weight is 265 g/mol. The van der Waals surface area contributed by atoms with E-state index in [0.29, 0.717) is 13.2 Å². The van der Waals surface area contributed by atoms with E-state index in [1.54, 1.807) is 0 Å². The van der Waals surface area contributed by atoms with Crippen LogP contribution in [-0.2, 0) is 0 Å². The van der Waals surface area contributed by atoms with Crippen LogP contribution in [0.4, 0.5) is 0 Å². The van der Waals surface area contributed by atoms with Crippen LogP contribution in [0.5, 0.6) is 5.75 Å². The number of hydrogen-bond donors (Lipinski definition) is 2. The highest BCUT2D eigenvalue weighted by Gasteiger charge is 2.25. The van der Waals surface area contributed by atoms with Gasteiger partial charge in [-0.05, 0) is 44.4 Å². The third-order valence-corrected chi connectivity index (χ3v) is 3.70. The fourth-order valence-corrected chi connectivity index (χ4v) is 1.70. The minimum absolute atomic E-state index is 0.209. The molecule has 19 heavy (non-hydrogen) atoms. The first-order valence-electron chi connectivity index (χ1n) is 7.05. The van der Waals surface area contributed by atoms with Gasteiger partial charge in [0.05, 0.1) is 12.2 Å². The molecule has 1 aromatic rings. The molecule has 3 heteroatoms. The Hall–Kier alpha value is -1.06. The molecule has 0 aliphatic carbocycles. The fourth-order valence-electron chi connectivity index (χ4n) is 1.70. The van der Waals surface area contributed by atoms with Gasteiger partial charge in [-0.3, -0.25) is 0 Å². The standard InChI is InChI=1S/C16H27NO2/c1-6-19-15-9-7-14(8-10-15)13(4)17-11-16(5,18)12(2)3/h7-10,12-13,17-18H,6,11H2,1-5H3. The molecule has 0 bridgehead atoms. The molecule has 0 aromatic heterocycles. The molecule has 0 aliphatic heterocycles. The van der Waals surface area contributed by atoms with Gasteiger partial charge in [-0.25, -0.2) is 0 Å². The summed E-state index contributed by atoms with van der Waals surface area (Å²) in [7, 11) is 0. The van der Waals surface area contributed by atoms with Gasteiger partial charge in [0, 0.05) is 12.6 Å². The summed E-state index contributed by atoms with van der Waals surface area (Å²) < 4.78 is 5.43. The molecule has 0 spiro atoms. The van der Waals surface area contributed by atoms with Gasteiger partial charge in [0.2, 0.25) is 0 Å². The topological polar surface area (TPSA) is 41.5 Å². The molecule has 2 N–H and O–H groups in total. The van der Waals surface area contributed by atoms with Crippen LogP contribution in [0, 0.1) is 5.92 Å². The number of hydrogen-bond acceptors (Lipinski definition) is 3. The molecule has 0 saturated carbocycles. The second-order valence-corrected chi connectivity index (χ2v) is 5.62. The van der Waals surface area contributed by atoms with Gasteiger partial charge < -0.3 is 15.2 Å². The van der Waals surface area contributed by atoms with Crippen molar-refractivity contribution in [1.82, 2.24) is 5.32 Å². The smallest absolute Gasteiger partial charge is 0.119 e. The van der Waals surface area contributed by atoms with Crippen LogP contribution in [0.2, 0.25) is 0 Å². The van der Waals surface area contributed by atoms with Crippen LogP contribution in [-0.4, -0.2) is 23.9 Å². The summed E-state index contributed by atoms with van der Waals surface area (Å²) in [6.07, 6.45) is 0. The minimum atomic E-state index is -0.681. The molecular formula is C16H27NO2. The van der Waals surface area contributed by atoms with Gasteiger partial charge in [0.1, 0.15) is 5.75 Å². The average Bonchev–Trinajstić information content (AvgIpc) is 2.37. The van der Waals surface area contributed by atoms with Crippen LogP contribution in [0.25, 0.3) is 0 Å². The van der Waals surface area contributed by atoms with Crippen LogP contribution >= 0.6 is 0 Å². The second kappa shape index (κ2) is 6.92. The van der Waals surface area contributed by atoms with Crippen LogP contribution in [0.15, 0.2) is 24.3 Å². The molecule has 108 valence electrons. The van der Waals surface area contributed by atoms with Crippen molar-refractivity contribution >= 4 is 0 Å². The van der Waals surface area contributed by atoms with Gasteiger partial charge in [-0.1, -0.05) is 26.0 Å². The molecule has 0 fully saturated rings. The quantitative estimate of drug-likeness (QED) is 0.796. The Balaban J connectivity index is 2.56. The lowest BCUT2D eigenvalue weighted by molar-refractivity contribution is 0.0122. The van der Waals surface area contributed by atoms with E-state index in [9.17, 15) is 5.11 Å². The summed E-state index contributed by atoms with van der Waals surface area (Å²) in [6.45, 7) is 11.3. The maximum Gasteiger partial charge on any atom is 0.119 e. The Morgan fingerprint density at radius 2 is 1.79 bits per heavy atom. The Morgan fingerprint density at radius 1 is 1.21 bits per heavy atom. The SMILES string of the molecule is CCOc1ccc(C(C)NCC(C)(O)C(C)C)cc1. The summed E-state index contributed by atoms with van der Waals surface area (Å²) in [5.41, 5.74) is 0.516. The Labute approximate surface area is 117 Å². The van der Waals surface area contributed by atoms with Gasteiger partial charge in [0.15, 0.2) is 0 Å². The van der Waals surface area contributed by atoms with Crippen molar-refractivity contribution in [1.29, 1.82) is 0 Å². The summed E-state index contributed by atoms with van der Waals surface area (Å²) >= 11 is 0. The highest BCUT2D eigenvalue weighted by Crippen LogP contribution is 2.20. The lowest BCUT2D eigenvalue weighted by atomic mass is 9.92. The van der Waals surface area contributed by atoms with Crippen LogP contribution in [0.3, 0.4) is 0 Å². The molecule has 0 aliphatic rings. The third-order valence-electron chi connectivity index (χ3n) is 3.70. The zero-order chi connectivity index (χ0) is 14.5. The lowest BCUT2D eigenvalue weighted by Gasteiger charge is -2.29. The summed E-state index contributed by atoms with van der Waals surface area (Å²) in [5.74, 6) is 1.13. The van der Waals surface area contributed by atoms with Crippen molar-refractivity contribution in [3.8, 4) is 5.75 Å². The number of nitrogens with one attached hydrogen (secondary N) is 1. The van der Waals surface area contributed by atoms with E-state index in [0.717, 1.165) is 5.75 Å². The number of rotatable bonds is 7. The van der Waals surface area contributed by atoms with Crippen LogP contribution in [0.1, 0.15) is 46.2 Å². The second-order valence-electron chi connectivity index (χ2n) is 5.62. The first-order valence-corrected chi connectivity index (χ1v) is 7.05. The van der Waals surface area contributed by atoms with Crippen molar-refractivity contribution in [3.63, 3.8) is 0 Å². The maximum absolute atomic E-state index is 10.2. The van der Waals surface area contributed by atoms with E-state index in [-0.39, 0.29) is 12.0 Å². The molecule has 2 unspecified atom stereocenters. The van der Waals surface area contributed by atoms with E-state index in [2.05, 4.69) is 24.4 Å². The monoisotopic (exact) mass is 265 g/mol. The van der Waals surface area contributed by atoms with Gasteiger partial charge in [-0.2, -0.15) is 0 Å². The fraction of sp³-hybridized carbons (Fsp3) is 0.625.